The predicted molar refractivity (Wildman–Crippen MR) is 204 cm³/mol. The van der Waals surface area contributed by atoms with Crippen LogP contribution in [0.5, 0.6) is 0 Å². The number of aliphatic hydroxyl groups is 4. The molecule has 282 valence electrons. The smallest absolute Gasteiger partial charge is 0.0516 e. The Bertz CT molecular complexity index is 563. The van der Waals surface area contributed by atoms with Crippen molar-refractivity contribution in [2.75, 3.05) is 26.4 Å². The molecule has 0 radical (unpaired) electrons. The van der Waals surface area contributed by atoms with E-state index in [0.29, 0.717) is 12.8 Å². The summed E-state index contributed by atoms with van der Waals surface area (Å²) in [7, 11) is 0. The fourth-order valence-electron chi connectivity index (χ4n) is 8.38. The Morgan fingerprint density at radius 2 is 0.298 bits per heavy atom. The van der Waals surface area contributed by atoms with Gasteiger partial charge in [-0.05, 0) is 12.8 Å². The minimum Gasteiger partial charge on any atom is -0.396 e. The van der Waals surface area contributed by atoms with Gasteiger partial charge in [0.25, 0.3) is 0 Å². The van der Waals surface area contributed by atoms with Gasteiger partial charge in [0.15, 0.2) is 0 Å². The van der Waals surface area contributed by atoms with E-state index in [1.807, 2.05) is 0 Å². The number of aliphatic hydroxyl groups excluding tert-OH is 4. The molecule has 4 nitrogen and oxygen atoms in total. The fraction of sp³-hybridized carbons (Fsp3) is 1.00. The molecule has 0 atom stereocenters. The van der Waals surface area contributed by atoms with Crippen LogP contribution in [0.2, 0.25) is 0 Å². The fourth-order valence-corrected chi connectivity index (χ4v) is 8.38. The molecule has 47 heavy (non-hydrogen) atoms. The molecule has 0 aromatic heterocycles. The van der Waals surface area contributed by atoms with Crippen molar-refractivity contribution in [1.82, 2.24) is 0 Å². The Hall–Kier alpha value is -0.160. The molecule has 4 N–H and O–H groups in total. The molecule has 1 aliphatic rings. The van der Waals surface area contributed by atoms with Crippen molar-refractivity contribution < 1.29 is 20.4 Å². The molecule has 1 saturated carbocycles. The summed E-state index contributed by atoms with van der Waals surface area (Å²) in [6.07, 6.45) is 48.5. The van der Waals surface area contributed by atoms with Gasteiger partial charge in [0, 0.05) is 10.8 Å². The van der Waals surface area contributed by atoms with Crippen molar-refractivity contribution in [1.29, 1.82) is 0 Å². The SMILES string of the molecule is OCC1(CO)CCCCCCCCCCCCCCCCCCCCCCCCCCCCCCCCCCCCCC1(CO)CO. The van der Waals surface area contributed by atoms with Gasteiger partial charge in [0.2, 0.25) is 0 Å². The van der Waals surface area contributed by atoms with Gasteiger partial charge in [-0.2, -0.15) is 0 Å². The molecule has 1 rings (SSSR count). The van der Waals surface area contributed by atoms with Crippen LogP contribution in [0.3, 0.4) is 0 Å². The van der Waals surface area contributed by atoms with E-state index < -0.39 is 10.8 Å². The zero-order valence-corrected chi connectivity index (χ0v) is 31.8. The number of rotatable bonds is 4. The molecular weight excluding hydrogens is 580 g/mol. The maximum atomic E-state index is 10.5. The van der Waals surface area contributed by atoms with Crippen LogP contribution in [0.15, 0.2) is 0 Å². The summed E-state index contributed by atoms with van der Waals surface area (Å²) in [6, 6.07) is 0. The first-order valence-electron chi connectivity index (χ1n) is 21.6. The molecule has 0 bridgehead atoms. The van der Waals surface area contributed by atoms with Crippen LogP contribution in [0, 0.1) is 10.8 Å². The van der Waals surface area contributed by atoms with Gasteiger partial charge in [-0.25, -0.2) is 0 Å². The molecule has 0 aliphatic heterocycles. The highest BCUT2D eigenvalue weighted by Gasteiger charge is 2.49. The molecular formula is C43H86O4. The average Bonchev–Trinajstić information content (AvgIpc) is 3.09. The van der Waals surface area contributed by atoms with Crippen LogP contribution in [0.4, 0.5) is 0 Å². The van der Waals surface area contributed by atoms with Gasteiger partial charge < -0.3 is 20.4 Å². The highest BCUT2D eigenvalue weighted by molar-refractivity contribution is 4.97. The van der Waals surface area contributed by atoms with Gasteiger partial charge in [0.1, 0.15) is 0 Å². The summed E-state index contributed by atoms with van der Waals surface area (Å²) < 4.78 is 0. The topological polar surface area (TPSA) is 80.9 Å². The van der Waals surface area contributed by atoms with Gasteiger partial charge in [-0.3, -0.25) is 0 Å². The number of hydrogen-bond acceptors (Lipinski definition) is 4. The molecule has 4 heteroatoms. The van der Waals surface area contributed by atoms with Crippen molar-refractivity contribution in [3.8, 4) is 0 Å². The highest BCUT2D eigenvalue weighted by Crippen LogP contribution is 2.46. The van der Waals surface area contributed by atoms with Crippen molar-refractivity contribution in [2.24, 2.45) is 10.8 Å². The highest BCUT2D eigenvalue weighted by atomic mass is 16.3. The van der Waals surface area contributed by atoms with Crippen LogP contribution in [-0.4, -0.2) is 46.9 Å². The Balaban J connectivity index is 2.40. The quantitative estimate of drug-likeness (QED) is 0.241. The lowest BCUT2D eigenvalue weighted by molar-refractivity contribution is -0.124. The average molecular weight is 667 g/mol. The van der Waals surface area contributed by atoms with Crippen LogP contribution < -0.4 is 0 Å². The van der Waals surface area contributed by atoms with Crippen molar-refractivity contribution >= 4 is 0 Å². The normalized spacial score (nSPS) is 24.3. The van der Waals surface area contributed by atoms with Crippen LogP contribution in [0.25, 0.3) is 0 Å². The first-order valence-corrected chi connectivity index (χ1v) is 21.6. The lowest BCUT2D eigenvalue weighted by Crippen LogP contribution is -2.52. The van der Waals surface area contributed by atoms with E-state index in [0.717, 1.165) is 25.7 Å². The summed E-state index contributed by atoms with van der Waals surface area (Å²) >= 11 is 0. The van der Waals surface area contributed by atoms with Crippen molar-refractivity contribution in [3.63, 3.8) is 0 Å². The third kappa shape index (κ3) is 22.3. The molecule has 0 aromatic rings. The molecule has 1 fully saturated rings. The van der Waals surface area contributed by atoms with Crippen molar-refractivity contribution in [2.45, 2.75) is 238 Å². The van der Waals surface area contributed by atoms with Gasteiger partial charge in [0.05, 0.1) is 26.4 Å². The van der Waals surface area contributed by atoms with Crippen LogP contribution in [-0.2, 0) is 0 Å². The Morgan fingerprint density at radius 1 is 0.191 bits per heavy atom. The van der Waals surface area contributed by atoms with Gasteiger partial charge in [-0.1, -0.05) is 225 Å². The first-order chi connectivity index (χ1) is 23.2. The van der Waals surface area contributed by atoms with E-state index >= 15 is 0 Å². The molecule has 0 spiro atoms. The summed E-state index contributed by atoms with van der Waals surface area (Å²) in [6.45, 7) is -0.704. The second-order valence-electron chi connectivity index (χ2n) is 16.1. The van der Waals surface area contributed by atoms with E-state index in [1.54, 1.807) is 0 Å². The Labute approximate surface area is 294 Å². The first kappa shape index (κ1) is 44.9. The maximum Gasteiger partial charge on any atom is 0.0516 e. The van der Waals surface area contributed by atoms with E-state index in [9.17, 15) is 20.4 Å². The lowest BCUT2D eigenvalue weighted by Gasteiger charge is -2.47. The van der Waals surface area contributed by atoms with Gasteiger partial charge in [-0.15, -0.1) is 0 Å². The van der Waals surface area contributed by atoms with E-state index in [1.165, 1.54) is 199 Å². The summed E-state index contributed by atoms with van der Waals surface area (Å²) in [5.74, 6) is 0. The lowest BCUT2D eigenvalue weighted by atomic mass is 9.60. The van der Waals surface area contributed by atoms with Crippen molar-refractivity contribution in [3.05, 3.63) is 0 Å². The molecule has 0 unspecified atom stereocenters. The Kier molecular flexibility index (Phi) is 31.5. The Morgan fingerprint density at radius 3 is 0.404 bits per heavy atom. The zero-order valence-electron chi connectivity index (χ0n) is 31.8. The second-order valence-corrected chi connectivity index (χ2v) is 16.1. The van der Waals surface area contributed by atoms with Crippen LogP contribution >= 0.6 is 0 Å². The maximum absolute atomic E-state index is 10.5. The number of hydrogen-bond donors (Lipinski definition) is 4. The molecule has 1 aliphatic carbocycles. The van der Waals surface area contributed by atoms with Crippen LogP contribution in [0.1, 0.15) is 238 Å². The summed E-state index contributed by atoms with van der Waals surface area (Å²) in [4.78, 5) is 0. The van der Waals surface area contributed by atoms with E-state index in [4.69, 9.17) is 0 Å². The van der Waals surface area contributed by atoms with E-state index in [2.05, 4.69) is 0 Å². The third-order valence-electron chi connectivity index (χ3n) is 12.1. The molecule has 0 heterocycles. The molecule has 0 saturated heterocycles. The zero-order chi connectivity index (χ0) is 34.0. The standard InChI is InChI=1S/C43H86O4/c44-38-42(39-45)36-34-32-30-28-26-24-22-20-18-16-14-12-10-8-6-4-2-1-3-5-7-9-11-13-15-17-19-21-23-25-27-29-31-33-35-37-43(42,40-46)41-47/h44-47H,1-41H2. The third-order valence-corrected chi connectivity index (χ3v) is 12.1. The monoisotopic (exact) mass is 667 g/mol. The molecule has 0 aromatic carbocycles. The van der Waals surface area contributed by atoms with E-state index in [-0.39, 0.29) is 26.4 Å². The summed E-state index contributed by atoms with van der Waals surface area (Å²) in [5.41, 5.74) is -1.63. The second kappa shape index (κ2) is 33.0. The minimum absolute atomic E-state index is 0.176. The van der Waals surface area contributed by atoms with Gasteiger partial charge >= 0.3 is 0 Å². The molecule has 0 amide bonds. The predicted octanol–water partition coefficient (Wildman–Crippen LogP) is 12.4. The minimum atomic E-state index is -0.815. The largest absolute Gasteiger partial charge is 0.396 e. The summed E-state index contributed by atoms with van der Waals surface area (Å²) in [5, 5.41) is 41.9.